The molecule has 0 aliphatic carbocycles. The summed E-state index contributed by atoms with van der Waals surface area (Å²) in [5.41, 5.74) is 0.196. The number of halogens is 2. The van der Waals surface area contributed by atoms with Gasteiger partial charge < -0.3 is 15.4 Å². The minimum Gasteiger partial charge on any atom is -0.454 e. The minimum atomic E-state index is -0.714. The molecule has 1 aromatic rings. The second-order valence-corrected chi connectivity index (χ2v) is 5.51. The zero-order valence-electron chi connectivity index (χ0n) is 12.7. The summed E-state index contributed by atoms with van der Waals surface area (Å²) in [5, 5.41) is 5.55. The second kappa shape index (κ2) is 10.1. The fraction of sp³-hybridized carbons (Fsp3) is 0.400. The quantitative estimate of drug-likeness (QED) is 0.549. The van der Waals surface area contributed by atoms with E-state index in [0.29, 0.717) is 11.6 Å². The highest BCUT2D eigenvalue weighted by Crippen LogP contribution is 2.20. The average Bonchev–Trinajstić information content (AvgIpc) is 2.51. The molecule has 6 nitrogen and oxygen atoms in total. The van der Waals surface area contributed by atoms with Crippen LogP contribution >= 0.6 is 23.2 Å². The van der Waals surface area contributed by atoms with E-state index < -0.39 is 11.9 Å². The van der Waals surface area contributed by atoms with Gasteiger partial charge in [-0.2, -0.15) is 0 Å². The van der Waals surface area contributed by atoms with E-state index >= 15 is 0 Å². The number of amides is 2. The molecular formula is C15H18Cl2N2O4. The maximum absolute atomic E-state index is 11.9. The average molecular weight is 361 g/mol. The summed E-state index contributed by atoms with van der Waals surface area (Å²) in [7, 11) is 0. The highest BCUT2D eigenvalue weighted by atomic mass is 35.5. The summed E-state index contributed by atoms with van der Waals surface area (Å²) in [5.74, 6) is -1.62. The lowest BCUT2D eigenvalue weighted by atomic mass is 10.2. The van der Waals surface area contributed by atoms with E-state index in [-0.39, 0.29) is 29.6 Å². The van der Waals surface area contributed by atoms with Crippen LogP contribution in [0.3, 0.4) is 0 Å². The molecule has 0 unspecified atom stereocenters. The molecule has 2 N–H and O–H groups in total. The molecule has 0 bridgehead atoms. The molecule has 0 heterocycles. The van der Waals surface area contributed by atoms with E-state index in [2.05, 4.69) is 10.6 Å². The highest BCUT2D eigenvalue weighted by Gasteiger charge is 2.13. The Hall–Kier alpha value is -1.79. The van der Waals surface area contributed by atoms with Gasteiger partial charge in [-0.1, -0.05) is 36.5 Å². The molecule has 1 rings (SSSR count). The van der Waals surface area contributed by atoms with Gasteiger partial charge in [0, 0.05) is 11.6 Å². The van der Waals surface area contributed by atoms with E-state index in [4.69, 9.17) is 27.9 Å². The Kier molecular flexibility index (Phi) is 8.43. The van der Waals surface area contributed by atoms with Crippen LogP contribution in [0.15, 0.2) is 18.2 Å². The van der Waals surface area contributed by atoms with E-state index in [1.807, 2.05) is 6.92 Å². The van der Waals surface area contributed by atoms with Crippen molar-refractivity contribution >= 4 is 41.0 Å². The topological polar surface area (TPSA) is 84.5 Å². The number of rotatable bonds is 8. The van der Waals surface area contributed by atoms with Crippen molar-refractivity contribution in [1.29, 1.82) is 0 Å². The number of hydrogen-bond donors (Lipinski definition) is 2. The third-order valence-corrected chi connectivity index (χ3v) is 3.33. The summed E-state index contributed by atoms with van der Waals surface area (Å²) < 4.78 is 4.75. The summed E-state index contributed by atoms with van der Waals surface area (Å²) in [6, 6.07) is 4.39. The van der Waals surface area contributed by atoms with Gasteiger partial charge >= 0.3 is 5.97 Å². The molecule has 0 atom stereocenters. The highest BCUT2D eigenvalue weighted by molar-refractivity contribution is 6.36. The van der Waals surface area contributed by atoms with Gasteiger partial charge in [-0.25, -0.2) is 0 Å². The Balaban J connectivity index is 2.32. The van der Waals surface area contributed by atoms with Crippen molar-refractivity contribution < 1.29 is 19.1 Å². The first-order valence-electron chi connectivity index (χ1n) is 7.09. The molecule has 23 heavy (non-hydrogen) atoms. The van der Waals surface area contributed by atoms with Crippen LogP contribution in [0.4, 0.5) is 0 Å². The number of nitrogens with one attached hydrogen (secondary N) is 2. The van der Waals surface area contributed by atoms with Gasteiger partial charge in [0.05, 0.1) is 10.6 Å². The summed E-state index contributed by atoms with van der Waals surface area (Å²) in [6.45, 7) is 1.81. The molecule has 0 saturated carbocycles. The lowest BCUT2D eigenvalue weighted by Crippen LogP contribution is -2.34. The molecule has 0 aliphatic heterocycles. The summed E-state index contributed by atoms with van der Waals surface area (Å²) in [4.78, 5) is 34.7. The summed E-state index contributed by atoms with van der Waals surface area (Å²) in [6.07, 6.45) is 1.82. The fourth-order valence-corrected chi connectivity index (χ4v) is 2.07. The van der Waals surface area contributed by atoms with Gasteiger partial charge in [-0.05, 0) is 24.6 Å². The van der Waals surface area contributed by atoms with Crippen molar-refractivity contribution in [3.05, 3.63) is 33.8 Å². The Morgan fingerprint density at radius 2 is 1.91 bits per heavy atom. The fourth-order valence-electron chi connectivity index (χ4n) is 1.57. The molecule has 0 aliphatic rings. The first kappa shape index (κ1) is 19.3. The van der Waals surface area contributed by atoms with E-state index in [1.165, 1.54) is 18.2 Å². The van der Waals surface area contributed by atoms with Crippen LogP contribution in [0, 0.1) is 0 Å². The molecule has 2 amide bonds. The standard InChI is InChI=1S/C15H18Cl2N2O4/c1-2-3-6-18-13(20)9-23-14(21)8-19-15(22)11-5-4-10(16)7-12(11)17/h4-5,7H,2-3,6,8-9H2,1H3,(H,18,20)(H,19,22). The Labute approximate surface area is 144 Å². The van der Waals surface area contributed by atoms with Crippen LogP contribution in [-0.2, 0) is 14.3 Å². The van der Waals surface area contributed by atoms with Crippen molar-refractivity contribution in [2.24, 2.45) is 0 Å². The predicted molar refractivity (Wildman–Crippen MR) is 87.7 cm³/mol. The van der Waals surface area contributed by atoms with E-state index in [1.54, 1.807) is 0 Å². The van der Waals surface area contributed by atoms with Crippen LogP contribution in [0.2, 0.25) is 10.0 Å². The maximum atomic E-state index is 11.9. The zero-order valence-corrected chi connectivity index (χ0v) is 14.2. The zero-order chi connectivity index (χ0) is 17.2. The first-order valence-corrected chi connectivity index (χ1v) is 7.85. The van der Waals surface area contributed by atoms with Crippen molar-refractivity contribution in [3.8, 4) is 0 Å². The lowest BCUT2D eigenvalue weighted by molar-refractivity contribution is -0.147. The Morgan fingerprint density at radius 1 is 1.17 bits per heavy atom. The van der Waals surface area contributed by atoms with Gasteiger partial charge in [0.2, 0.25) is 0 Å². The van der Waals surface area contributed by atoms with Crippen molar-refractivity contribution in [2.75, 3.05) is 19.7 Å². The monoisotopic (exact) mass is 360 g/mol. The molecule has 0 fully saturated rings. The Morgan fingerprint density at radius 3 is 2.57 bits per heavy atom. The molecule has 0 saturated heterocycles. The van der Waals surface area contributed by atoms with Gasteiger partial charge in [-0.3, -0.25) is 14.4 Å². The van der Waals surface area contributed by atoms with Gasteiger partial charge in [0.15, 0.2) is 6.61 Å². The van der Waals surface area contributed by atoms with Crippen molar-refractivity contribution in [3.63, 3.8) is 0 Å². The molecule has 126 valence electrons. The Bertz CT molecular complexity index is 579. The third-order valence-electron chi connectivity index (χ3n) is 2.79. The lowest BCUT2D eigenvalue weighted by Gasteiger charge is -2.08. The van der Waals surface area contributed by atoms with Crippen LogP contribution < -0.4 is 10.6 Å². The minimum absolute atomic E-state index is 0.179. The van der Waals surface area contributed by atoms with Gasteiger partial charge in [-0.15, -0.1) is 0 Å². The number of carbonyl (C=O) groups is 3. The van der Waals surface area contributed by atoms with Crippen molar-refractivity contribution in [2.45, 2.75) is 19.8 Å². The molecule has 0 radical (unpaired) electrons. The van der Waals surface area contributed by atoms with Gasteiger partial charge in [0.1, 0.15) is 6.54 Å². The predicted octanol–water partition coefficient (Wildman–Crippen LogP) is 2.18. The SMILES string of the molecule is CCCCNC(=O)COC(=O)CNC(=O)c1ccc(Cl)cc1Cl. The van der Waals surface area contributed by atoms with Crippen LogP contribution in [0.25, 0.3) is 0 Å². The van der Waals surface area contributed by atoms with Crippen LogP contribution in [0.5, 0.6) is 0 Å². The van der Waals surface area contributed by atoms with Crippen LogP contribution in [0.1, 0.15) is 30.1 Å². The third kappa shape index (κ3) is 7.34. The number of esters is 1. The summed E-state index contributed by atoms with van der Waals surface area (Å²) >= 11 is 11.6. The van der Waals surface area contributed by atoms with Crippen LogP contribution in [-0.4, -0.2) is 37.5 Å². The molecule has 1 aromatic carbocycles. The smallest absolute Gasteiger partial charge is 0.325 e. The maximum Gasteiger partial charge on any atom is 0.325 e. The molecular weight excluding hydrogens is 343 g/mol. The number of unbranched alkanes of at least 4 members (excludes halogenated alkanes) is 1. The molecule has 8 heteroatoms. The number of hydrogen-bond acceptors (Lipinski definition) is 4. The van der Waals surface area contributed by atoms with E-state index in [9.17, 15) is 14.4 Å². The number of benzene rings is 1. The molecule has 0 spiro atoms. The van der Waals surface area contributed by atoms with Gasteiger partial charge in [0.25, 0.3) is 11.8 Å². The number of ether oxygens (including phenoxy) is 1. The normalized spacial score (nSPS) is 10.0. The molecule has 0 aromatic heterocycles. The van der Waals surface area contributed by atoms with E-state index in [0.717, 1.165) is 12.8 Å². The second-order valence-electron chi connectivity index (χ2n) is 4.67. The number of carbonyl (C=O) groups excluding carboxylic acids is 3. The van der Waals surface area contributed by atoms with Crippen molar-refractivity contribution in [1.82, 2.24) is 10.6 Å². The first-order chi connectivity index (χ1) is 10.9. The largest absolute Gasteiger partial charge is 0.454 e.